The summed E-state index contributed by atoms with van der Waals surface area (Å²) < 4.78 is 11.4. The molecule has 1 aromatic rings. The van der Waals surface area contributed by atoms with E-state index in [2.05, 4.69) is 16.8 Å². The van der Waals surface area contributed by atoms with Crippen LogP contribution in [0, 0.1) is 0 Å². The molecule has 2 heterocycles. The van der Waals surface area contributed by atoms with Crippen LogP contribution in [0.15, 0.2) is 18.3 Å². The van der Waals surface area contributed by atoms with Crippen molar-refractivity contribution < 1.29 is 14.6 Å². The van der Waals surface area contributed by atoms with Crippen LogP contribution in [-0.4, -0.2) is 48.1 Å². The molecule has 106 valence electrons. The Hall–Kier alpha value is -1.33. The number of aliphatic hydroxyl groups is 1. The summed E-state index contributed by atoms with van der Waals surface area (Å²) in [6.07, 6.45) is 1.71. The van der Waals surface area contributed by atoms with Crippen molar-refractivity contribution in [3.05, 3.63) is 18.3 Å². The SMILES string of the molecule is CC(C)Oc1cccnc1N1CC(CO)OCC1C. The molecule has 1 aliphatic rings. The molecule has 1 N–H and O–H groups in total. The van der Waals surface area contributed by atoms with Gasteiger partial charge in [-0.05, 0) is 32.9 Å². The fraction of sp³-hybridized carbons (Fsp3) is 0.643. The summed E-state index contributed by atoms with van der Waals surface area (Å²) in [5, 5.41) is 9.25. The third kappa shape index (κ3) is 3.36. The zero-order chi connectivity index (χ0) is 13.8. The summed E-state index contributed by atoms with van der Waals surface area (Å²) >= 11 is 0. The largest absolute Gasteiger partial charge is 0.487 e. The van der Waals surface area contributed by atoms with Gasteiger partial charge in [-0.1, -0.05) is 0 Å². The van der Waals surface area contributed by atoms with Gasteiger partial charge in [-0.25, -0.2) is 4.98 Å². The molecule has 1 aliphatic heterocycles. The van der Waals surface area contributed by atoms with E-state index in [0.717, 1.165) is 11.6 Å². The number of nitrogens with zero attached hydrogens (tertiary/aromatic N) is 2. The lowest BCUT2D eigenvalue weighted by molar-refractivity contribution is -0.0107. The Morgan fingerprint density at radius 3 is 3.05 bits per heavy atom. The first-order valence-corrected chi connectivity index (χ1v) is 6.72. The average molecular weight is 266 g/mol. The van der Waals surface area contributed by atoms with Crippen molar-refractivity contribution in [2.75, 3.05) is 24.7 Å². The van der Waals surface area contributed by atoms with Crippen LogP contribution in [0.25, 0.3) is 0 Å². The van der Waals surface area contributed by atoms with Gasteiger partial charge in [0.2, 0.25) is 0 Å². The van der Waals surface area contributed by atoms with E-state index < -0.39 is 0 Å². The number of hydrogen-bond acceptors (Lipinski definition) is 5. The van der Waals surface area contributed by atoms with Gasteiger partial charge in [0, 0.05) is 12.7 Å². The summed E-state index contributed by atoms with van der Waals surface area (Å²) in [4.78, 5) is 6.58. The Balaban J connectivity index is 2.23. The number of rotatable bonds is 4. The third-order valence-electron chi connectivity index (χ3n) is 3.09. The van der Waals surface area contributed by atoms with Crippen LogP contribution in [-0.2, 0) is 4.74 Å². The van der Waals surface area contributed by atoms with Gasteiger partial charge in [0.05, 0.1) is 31.5 Å². The molecular formula is C14H22N2O3. The van der Waals surface area contributed by atoms with Gasteiger partial charge in [-0.3, -0.25) is 0 Å². The smallest absolute Gasteiger partial charge is 0.171 e. The molecule has 0 bridgehead atoms. The van der Waals surface area contributed by atoms with Gasteiger partial charge in [0.15, 0.2) is 11.6 Å². The molecule has 5 heteroatoms. The van der Waals surface area contributed by atoms with Gasteiger partial charge in [0.25, 0.3) is 0 Å². The first-order chi connectivity index (χ1) is 9.11. The lowest BCUT2D eigenvalue weighted by Gasteiger charge is -2.38. The first kappa shape index (κ1) is 14.1. The van der Waals surface area contributed by atoms with Crippen molar-refractivity contribution in [1.29, 1.82) is 0 Å². The molecular weight excluding hydrogens is 244 g/mol. The zero-order valence-electron chi connectivity index (χ0n) is 11.7. The van der Waals surface area contributed by atoms with Crippen molar-refractivity contribution >= 4 is 5.82 Å². The highest BCUT2D eigenvalue weighted by molar-refractivity contribution is 5.53. The Bertz CT molecular complexity index is 411. The maximum Gasteiger partial charge on any atom is 0.171 e. The highest BCUT2D eigenvalue weighted by Crippen LogP contribution is 2.29. The van der Waals surface area contributed by atoms with Gasteiger partial charge >= 0.3 is 0 Å². The third-order valence-corrected chi connectivity index (χ3v) is 3.09. The van der Waals surface area contributed by atoms with E-state index in [9.17, 15) is 5.11 Å². The van der Waals surface area contributed by atoms with Gasteiger partial charge in [0.1, 0.15) is 0 Å². The molecule has 1 aromatic heterocycles. The number of aromatic nitrogens is 1. The van der Waals surface area contributed by atoms with Gasteiger partial charge in [-0.15, -0.1) is 0 Å². The normalized spacial score (nSPS) is 23.7. The molecule has 2 atom stereocenters. The predicted molar refractivity (Wildman–Crippen MR) is 73.6 cm³/mol. The second kappa shape index (κ2) is 6.21. The lowest BCUT2D eigenvalue weighted by atomic mass is 10.2. The molecule has 19 heavy (non-hydrogen) atoms. The van der Waals surface area contributed by atoms with E-state index in [0.29, 0.717) is 13.2 Å². The van der Waals surface area contributed by atoms with Crippen LogP contribution >= 0.6 is 0 Å². The minimum Gasteiger partial charge on any atom is -0.487 e. The van der Waals surface area contributed by atoms with E-state index in [-0.39, 0.29) is 24.9 Å². The number of morpholine rings is 1. The Labute approximate surface area is 114 Å². The molecule has 0 radical (unpaired) electrons. The fourth-order valence-electron chi connectivity index (χ4n) is 2.17. The number of ether oxygens (including phenoxy) is 2. The predicted octanol–water partition coefficient (Wildman–Crippen LogP) is 1.45. The molecule has 0 aromatic carbocycles. The van der Waals surface area contributed by atoms with Crippen LogP contribution < -0.4 is 9.64 Å². The number of anilines is 1. The second-order valence-electron chi connectivity index (χ2n) is 5.13. The Morgan fingerprint density at radius 1 is 1.58 bits per heavy atom. The summed E-state index contributed by atoms with van der Waals surface area (Å²) in [5.41, 5.74) is 0. The average Bonchev–Trinajstić information content (AvgIpc) is 2.40. The minimum atomic E-state index is -0.162. The number of pyridine rings is 1. The monoisotopic (exact) mass is 266 g/mol. The highest BCUT2D eigenvalue weighted by Gasteiger charge is 2.28. The minimum absolute atomic E-state index is 0.0242. The van der Waals surface area contributed by atoms with E-state index in [1.54, 1.807) is 6.20 Å². The van der Waals surface area contributed by atoms with Crippen LogP contribution in [0.1, 0.15) is 20.8 Å². The van der Waals surface area contributed by atoms with E-state index in [4.69, 9.17) is 9.47 Å². The molecule has 0 aliphatic carbocycles. The Kier molecular flexibility index (Phi) is 4.61. The maximum absolute atomic E-state index is 9.25. The molecule has 0 amide bonds. The van der Waals surface area contributed by atoms with E-state index in [1.807, 2.05) is 26.0 Å². The summed E-state index contributed by atoms with van der Waals surface area (Å²) in [5.74, 6) is 1.60. The molecule has 0 saturated carbocycles. The molecule has 5 nitrogen and oxygen atoms in total. The van der Waals surface area contributed by atoms with Crippen LogP contribution in [0.4, 0.5) is 5.82 Å². The van der Waals surface area contributed by atoms with E-state index >= 15 is 0 Å². The first-order valence-electron chi connectivity index (χ1n) is 6.72. The second-order valence-corrected chi connectivity index (χ2v) is 5.13. The summed E-state index contributed by atoms with van der Waals surface area (Å²) in [7, 11) is 0. The van der Waals surface area contributed by atoms with Crippen molar-refractivity contribution in [2.24, 2.45) is 0 Å². The van der Waals surface area contributed by atoms with Crippen LogP contribution in [0.2, 0.25) is 0 Å². The molecule has 2 rings (SSSR count). The summed E-state index contributed by atoms with van der Waals surface area (Å²) in [6, 6.07) is 4.01. The molecule has 0 spiro atoms. The highest BCUT2D eigenvalue weighted by atomic mass is 16.5. The quantitative estimate of drug-likeness (QED) is 0.894. The maximum atomic E-state index is 9.25. The van der Waals surface area contributed by atoms with Crippen molar-refractivity contribution in [1.82, 2.24) is 4.98 Å². The fourth-order valence-corrected chi connectivity index (χ4v) is 2.17. The number of hydrogen-bond donors (Lipinski definition) is 1. The topological polar surface area (TPSA) is 54.8 Å². The molecule has 2 unspecified atom stereocenters. The van der Waals surface area contributed by atoms with E-state index in [1.165, 1.54) is 0 Å². The van der Waals surface area contributed by atoms with Crippen molar-refractivity contribution in [2.45, 2.75) is 39.0 Å². The number of aliphatic hydroxyl groups excluding tert-OH is 1. The standard InChI is InChI=1S/C14H22N2O3/c1-10(2)19-13-5-4-6-15-14(13)16-7-12(8-17)18-9-11(16)3/h4-6,10-12,17H,7-9H2,1-3H3. The molecule has 1 saturated heterocycles. The van der Waals surface area contributed by atoms with Crippen LogP contribution in [0.3, 0.4) is 0 Å². The van der Waals surface area contributed by atoms with Crippen molar-refractivity contribution in [3.63, 3.8) is 0 Å². The van der Waals surface area contributed by atoms with Crippen molar-refractivity contribution in [3.8, 4) is 5.75 Å². The van der Waals surface area contributed by atoms with Gasteiger partial charge < -0.3 is 19.5 Å². The van der Waals surface area contributed by atoms with Gasteiger partial charge in [-0.2, -0.15) is 0 Å². The molecule has 1 fully saturated rings. The van der Waals surface area contributed by atoms with Crippen LogP contribution in [0.5, 0.6) is 5.75 Å². The Morgan fingerprint density at radius 2 is 2.37 bits per heavy atom. The zero-order valence-corrected chi connectivity index (χ0v) is 11.7. The lowest BCUT2D eigenvalue weighted by Crippen LogP contribution is -2.50. The summed E-state index contributed by atoms with van der Waals surface area (Å²) in [6.45, 7) is 7.32.